The molecule has 0 fully saturated rings. The number of benzene rings is 1. The Morgan fingerprint density at radius 2 is 1.67 bits per heavy atom. The minimum Gasteiger partial charge on any atom is -0.478 e. The first kappa shape index (κ1) is 17.5. The number of carboxylic acid groups (broad SMARTS) is 2. The molecule has 0 aliphatic carbocycles. The van der Waals surface area contributed by atoms with Crippen LogP contribution < -0.4 is 4.90 Å². The molecule has 2 N–H and O–H groups in total. The van der Waals surface area contributed by atoms with E-state index in [-0.39, 0.29) is 17.0 Å². The molecule has 0 bridgehead atoms. The van der Waals surface area contributed by atoms with Gasteiger partial charge in [0.25, 0.3) is 0 Å². The third-order valence-electron chi connectivity index (χ3n) is 3.42. The van der Waals surface area contributed by atoms with Crippen molar-refractivity contribution in [2.75, 3.05) is 11.6 Å². The fourth-order valence-electron chi connectivity index (χ4n) is 2.23. The highest BCUT2D eigenvalue weighted by molar-refractivity contribution is 5.96. The predicted molar refractivity (Wildman–Crippen MR) is 74.9 cm³/mol. The Morgan fingerprint density at radius 3 is 2.08 bits per heavy atom. The molecular weight excluding hydrogens is 334 g/mol. The summed E-state index contributed by atoms with van der Waals surface area (Å²) in [6, 6.07) is 3.52. The summed E-state index contributed by atoms with van der Waals surface area (Å²) >= 11 is 0. The number of allylic oxidation sites excluding steroid dienone is 1. The van der Waals surface area contributed by atoms with Gasteiger partial charge in [0, 0.05) is 18.3 Å². The van der Waals surface area contributed by atoms with Crippen molar-refractivity contribution in [2.24, 2.45) is 0 Å². The minimum absolute atomic E-state index is 0.0212. The molecule has 2 rings (SSSR count). The molecule has 1 aromatic carbocycles. The van der Waals surface area contributed by atoms with Gasteiger partial charge in [-0.25, -0.2) is 14.0 Å². The normalized spacial score (nSPS) is 15.3. The van der Waals surface area contributed by atoms with Gasteiger partial charge in [-0.15, -0.1) is 0 Å². The molecule has 0 atom stereocenters. The Bertz CT molecular complexity index is 735. The van der Waals surface area contributed by atoms with Crippen LogP contribution in [0.25, 0.3) is 0 Å². The van der Waals surface area contributed by atoms with Gasteiger partial charge in [-0.2, -0.15) is 13.2 Å². The van der Waals surface area contributed by atoms with E-state index in [1.807, 2.05) is 0 Å². The summed E-state index contributed by atoms with van der Waals surface area (Å²) in [6.07, 6.45) is -4.04. The molecule has 0 spiro atoms. The maximum absolute atomic E-state index is 13.3. The lowest BCUT2D eigenvalue weighted by atomic mass is 9.99. The monoisotopic (exact) mass is 345 g/mol. The molecule has 0 amide bonds. The SMILES string of the molecule is O=C(O)C1=CN(c2ccc(C(F)(F)F)cc2)C(CF)=C(C(=O)O)C1. The molecule has 1 aromatic rings. The minimum atomic E-state index is -4.56. The van der Waals surface area contributed by atoms with Crippen molar-refractivity contribution in [3.05, 3.63) is 52.9 Å². The Balaban J connectivity index is 2.52. The van der Waals surface area contributed by atoms with Gasteiger partial charge in [0.05, 0.1) is 22.4 Å². The second-order valence-corrected chi connectivity index (χ2v) is 4.91. The quantitative estimate of drug-likeness (QED) is 0.820. The van der Waals surface area contributed by atoms with E-state index < -0.39 is 42.3 Å². The summed E-state index contributed by atoms with van der Waals surface area (Å²) in [7, 11) is 0. The number of hydrogen-bond acceptors (Lipinski definition) is 3. The number of halogens is 4. The zero-order chi connectivity index (χ0) is 18.1. The highest BCUT2D eigenvalue weighted by Gasteiger charge is 2.31. The number of anilines is 1. The molecule has 128 valence electrons. The van der Waals surface area contributed by atoms with Gasteiger partial charge in [-0.3, -0.25) is 0 Å². The maximum Gasteiger partial charge on any atom is 0.416 e. The van der Waals surface area contributed by atoms with Gasteiger partial charge in [-0.05, 0) is 24.3 Å². The second kappa shape index (κ2) is 6.34. The summed E-state index contributed by atoms with van der Waals surface area (Å²) < 4.78 is 51.1. The van der Waals surface area contributed by atoms with Gasteiger partial charge < -0.3 is 15.1 Å². The van der Waals surface area contributed by atoms with E-state index in [0.29, 0.717) is 0 Å². The van der Waals surface area contributed by atoms with Crippen LogP contribution in [0, 0.1) is 0 Å². The third kappa shape index (κ3) is 3.39. The van der Waals surface area contributed by atoms with Crippen LogP contribution in [0.5, 0.6) is 0 Å². The van der Waals surface area contributed by atoms with Crippen molar-refractivity contribution in [2.45, 2.75) is 12.6 Å². The summed E-state index contributed by atoms with van der Waals surface area (Å²) in [4.78, 5) is 23.3. The lowest BCUT2D eigenvalue weighted by Gasteiger charge is -2.28. The molecule has 24 heavy (non-hydrogen) atoms. The first-order valence-corrected chi connectivity index (χ1v) is 6.57. The van der Waals surface area contributed by atoms with Crippen LogP contribution in [0.2, 0.25) is 0 Å². The van der Waals surface area contributed by atoms with Gasteiger partial charge >= 0.3 is 18.1 Å². The molecule has 0 saturated carbocycles. The first-order chi connectivity index (χ1) is 11.1. The summed E-state index contributed by atoms with van der Waals surface area (Å²) in [5.41, 5.74) is -2.02. The van der Waals surface area contributed by atoms with Crippen LogP contribution in [-0.2, 0) is 15.8 Å². The molecule has 1 aliphatic heterocycles. The maximum atomic E-state index is 13.3. The Labute approximate surface area is 133 Å². The van der Waals surface area contributed by atoms with Crippen molar-refractivity contribution < 1.29 is 37.4 Å². The Kier molecular flexibility index (Phi) is 4.63. The van der Waals surface area contributed by atoms with Crippen molar-refractivity contribution in [1.82, 2.24) is 0 Å². The van der Waals surface area contributed by atoms with E-state index >= 15 is 0 Å². The smallest absolute Gasteiger partial charge is 0.416 e. The number of carboxylic acids is 2. The van der Waals surface area contributed by atoms with E-state index in [9.17, 15) is 27.2 Å². The van der Waals surface area contributed by atoms with Crippen LogP contribution in [0.3, 0.4) is 0 Å². The van der Waals surface area contributed by atoms with Crippen LogP contribution >= 0.6 is 0 Å². The molecule has 0 unspecified atom stereocenters. The van der Waals surface area contributed by atoms with E-state index in [2.05, 4.69) is 0 Å². The first-order valence-electron chi connectivity index (χ1n) is 6.57. The van der Waals surface area contributed by atoms with Crippen molar-refractivity contribution >= 4 is 17.6 Å². The highest BCUT2D eigenvalue weighted by atomic mass is 19.4. The van der Waals surface area contributed by atoms with Crippen molar-refractivity contribution in [3.63, 3.8) is 0 Å². The number of nitrogens with zero attached hydrogens (tertiary/aromatic N) is 1. The molecule has 1 aliphatic rings. The fourth-order valence-corrected chi connectivity index (χ4v) is 2.23. The molecule has 0 saturated heterocycles. The zero-order valence-corrected chi connectivity index (χ0v) is 12.0. The average molecular weight is 345 g/mol. The summed E-state index contributed by atoms with van der Waals surface area (Å²) in [6.45, 7) is -1.22. The predicted octanol–water partition coefficient (Wildman–Crippen LogP) is 3.19. The molecule has 1 heterocycles. The molecule has 0 radical (unpaired) electrons. The second-order valence-electron chi connectivity index (χ2n) is 4.91. The van der Waals surface area contributed by atoms with Gasteiger partial charge in [0.15, 0.2) is 0 Å². The van der Waals surface area contributed by atoms with Gasteiger partial charge in [0.1, 0.15) is 6.67 Å². The lowest BCUT2D eigenvalue weighted by molar-refractivity contribution is -0.137. The average Bonchev–Trinajstić information content (AvgIpc) is 2.52. The fraction of sp³-hybridized carbons (Fsp3) is 0.200. The van der Waals surface area contributed by atoms with E-state index in [1.54, 1.807) is 0 Å². The topological polar surface area (TPSA) is 77.8 Å². The van der Waals surface area contributed by atoms with Crippen molar-refractivity contribution in [3.8, 4) is 0 Å². The third-order valence-corrected chi connectivity index (χ3v) is 3.42. The Hall–Kier alpha value is -2.84. The van der Waals surface area contributed by atoms with E-state index in [0.717, 1.165) is 35.4 Å². The van der Waals surface area contributed by atoms with Crippen LogP contribution in [0.15, 0.2) is 47.3 Å². The zero-order valence-electron chi connectivity index (χ0n) is 12.0. The number of rotatable bonds is 4. The van der Waals surface area contributed by atoms with Crippen LogP contribution in [0.4, 0.5) is 23.2 Å². The number of hydrogen-bond donors (Lipinski definition) is 2. The largest absolute Gasteiger partial charge is 0.478 e. The van der Waals surface area contributed by atoms with Crippen LogP contribution in [-0.4, -0.2) is 28.8 Å². The van der Waals surface area contributed by atoms with Gasteiger partial charge in [-0.1, -0.05) is 0 Å². The van der Waals surface area contributed by atoms with E-state index in [1.165, 1.54) is 0 Å². The summed E-state index contributed by atoms with van der Waals surface area (Å²) in [5.74, 6) is -2.89. The number of carbonyl (C=O) groups is 2. The van der Waals surface area contributed by atoms with Crippen LogP contribution in [0.1, 0.15) is 12.0 Å². The Morgan fingerprint density at radius 1 is 1.08 bits per heavy atom. The molecule has 0 aromatic heterocycles. The summed E-state index contributed by atoms with van der Waals surface area (Å²) in [5, 5.41) is 18.2. The standard InChI is InChI=1S/C15H11F4NO4/c16-6-12-11(14(23)24)5-8(13(21)22)7-20(12)10-3-1-9(2-4-10)15(17,18)19/h1-4,7H,5-6H2,(H,21,22)(H,23,24). The van der Waals surface area contributed by atoms with Crippen molar-refractivity contribution in [1.29, 1.82) is 0 Å². The number of aliphatic carboxylic acids is 2. The molecule has 9 heteroatoms. The highest BCUT2D eigenvalue weighted by Crippen LogP contribution is 2.34. The molecular formula is C15H11F4NO4. The lowest BCUT2D eigenvalue weighted by Crippen LogP contribution is -2.28. The number of alkyl halides is 4. The molecule has 5 nitrogen and oxygen atoms in total. The van der Waals surface area contributed by atoms with Gasteiger partial charge in [0.2, 0.25) is 0 Å². The van der Waals surface area contributed by atoms with E-state index in [4.69, 9.17) is 10.2 Å².